The second-order valence-electron chi connectivity index (χ2n) is 4.06. The predicted octanol–water partition coefficient (Wildman–Crippen LogP) is -1.49. The average molecular weight is 249 g/mol. The number of nitrogens with one attached hydrogen (secondary N) is 3. The maximum Gasteiger partial charge on any atom is 0.224 e. The molecule has 2 atom stereocenters. The minimum atomic E-state index is -3.23. The van der Waals surface area contributed by atoms with Gasteiger partial charge in [0, 0.05) is 13.1 Å². The van der Waals surface area contributed by atoms with Gasteiger partial charge in [-0.2, -0.15) is 0 Å². The van der Waals surface area contributed by atoms with E-state index >= 15 is 0 Å². The molecule has 1 aliphatic rings. The molecular weight excluding hydrogens is 230 g/mol. The molecule has 1 fully saturated rings. The Balaban J connectivity index is 2.30. The van der Waals surface area contributed by atoms with Gasteiger partial charge in [0.1, 0.15) is 0 Å². The van der Waals surface area contributed by atoms with E-state index < -0.39 is 10.0 Å². The molecule has 6 nitrogen and oxygen atoms in total. The third-order valence-electron chi connectivity index (χ3n) is 2.84. The lowest BCUT2D eigenvalue weighted by Crippen LogP contribution is -2.38. The van der Waals surface area contributed by atoms with Gasteiger partial charge in [-0.3, -0.25) is 4.79 Å². The van der Waals surface area contributed by atoms with E-state index in [9.17, 15) is 13.2 Å². The molecule has 1 aliphatic heterocycles. The minimum absolute atomic E-state index is 0.0442. The molecule has 16 heavy (non-hydrogen) atoms. The zero-order valence-corrected chi connectivity index (χ0v) is 10.4. The highest BCUT2D eigenvalue weighted by molar-refractivity contribution is 7.89. The van der Waals surface area contributed by atoms with E-state index in [1.54, 1.807) is 0 Å². The van der Waals surface area contributed by atoms with Crippen LogP contribution in [0.25, 0.3) is 0 Å². The molecule has 0 saturated carbocycles. The van der Waals surface area contributed by atoms with Crippen molar-refractivity contribution in [1.29, 1.82) is 0 Å². The summed E-state index contributed by atoms with van der Waals surface area (Å²) in [7, 11) is -1.87. The van der Waals surface area contributed by atoms with Gasteiger partial charge in [-0.05, 0) is 19.5 Å². The summed E-state index contributed by atoms with van der Waals surface area (Å²) in [5, 5.41) is 5.78. The molecule has 7 heteroatoms. The Kier molecular flexibility index (Phi) is 4.69. The maximum atomic E-state index is 11.7. The van der Waals surface area contributed by atoms with Gasteiger partial charge >= 0.3 is 0 Å². The number of hydrogen-bond acceptors (Lipinski definition) is 4. The van der Waals surface area contributed by atoms with Crippen molar-refractivity contribution in [2.75, 3.05) is 32.4 Å². The zero-order chi connectivity index (χ0) is 12.2. The molecule has 0 spiro atoms. The van der Waals surface area contributed by atoms with Crippen molar-refractivity contribution in [2.24, 2.45) is 11.8 Å². The van der Waals surface area contributed by atoms with Crippen molar-refractivity contribution in [3.8, 4) is 0 Å². The van der Waals surface area contributed by atoms with Gasteiger partial charge in [0.05, 0.1) is 11.7 Å². The Morgan fingerprint density at radius 2 is 2.12 bits per heavy atom. The van der Waals surface area contributed by atoms with Crippen molar-refractivity contribution in [3.63, 3.8) is 0 Å². The Morgan fingerprint density at radius 1 is 1.44 bits per heavy atom. The van der Waals surface area contributed by atoms with Gasteiger partial charge in [-0.25, -0.2) is 13.1 Å². The zero-order valence-electron chi connectivity index (χ0n) is 9.62. The fourth-order valence-electron chi connectivity index (χ4n) is 1.70. The molecule has 0 bridgehead atoms. The van der Waals surface area contributed by atoms with Crippen LogP contribution in [0.1, 0.15) is 6.92 Å². The number of carbonyl (C=O) groups is 1. The molecule has 3 N–H and O–H groups in total. The number of hydrogen-bond donors (Lipinski definition) is 3. The van der Waals surface area contributed by atoms with Crippen LogP contribution in [0.5, 0.6) is 0 Å². The second kappa shape index (κ2) is 5.60. The van der Waals surface area contributed by atoms with E-state index in [1.807, 2.05) is 6.92 Å². The van der Waals surface area contributed by atoms with Gasteiger partial charge in [0.25, 0.3) is 0 Å². The smallest absolute Gasteiger partial charge is 0.224 e. The van der Waals surface area contributed by atoms with Gasteiger partial charge in [0.2, 0.25) is 15.9 Å². The van der Waals surface area contributed by atoms with Gasteiger partial charge in [-0.15, -0.1) is 0 Å². The number of carbonyl (C=O) groups excluding carboxylic acids is 1. The maximum absolute atomic E-state index is 11.7. The molecule has 0 aromatic rings. The second-order valence-corrected chi connectivity index (χ2v) is 6.10. The molecular formula is C9H19N3O3S. The first kappa shape index (κ1) is 13.4. The lowest BCUT2D eigenvalue weighted by atomic mass is 9.97. The normalized spacial score (nSPS) is 25.6. The Hall–Kier alpha value is -0.660. The van der Waals surface area contributed by atoms with Crippen molar-refractivity contribution in [3.05, 3.63) is 0 Å². The monoisotopic (exact) mass is 249 g/mol. The number of sulfonamides is 1. The van der Waals surface area contributed by atoms with Crippen molar-refractivity contribution >= 4 is 15.9 Å². The fourth-order valence-corrected chi connectivity index (χ4v) is 2.28. The van der Waals surface area contributed by atoms with Crippen LogP contribution in [0.4, 0.5) is 0 Å². The first-order chi connectivity index (χ1) is 7.46. The van der Waals surface area contributed by atoms with E-state index in [4.69, 9.17) is 0 Å². The van der Waals surface area contributed by atoms with E-state index in [0.717, 1.165) is 6.54 Å². The summed E-state index contributed by atoms with van der Waals surface area (Å²) in [4.78, 5) is 11.7. The van der Waals surface area contributed by atoms with Crippen LogP contribution in [0, 0.1) is 11.8 Å². The topological polar surface area (TPSA) is 87.3 Å². The summed E-state index contributed by atoms with van der Waals surface area (Å²) in [5.74, 6) is 0.117. The van der Waals surface area contributed by atoms with E-state index in [2.05, 4.69) is 15.4 Å². The number of rotatable bonds is 5. The van der Waals surface area contributed by atoms with Crippen LogP contribution in [-0.2, 0) is 14.8 Å². The fraction of sp³-hybridized carbons (Fsp3) is 0.889. The first-order valence-electron chi connectivity index (χ1n) is 5.36. The van der Waals surface area contributed by atoms with Gasteiger partial charge in [0.15, 0.2) is 0 Å². The van der Waals surface area contributed by atoms with Gasteiger partial charge < -0.3 is 10.6 Å². The lowest BCUT2D eigenvalue weighted by Gasteiger charge is -2.13. The van der Waals surface area contributed by atoms with Crippen LogP contribution < -0.4 is 15.4 Å². The minimum Gasteiger partial charge on any atom is -0.355 e. The van der Waals surface area contributed by atoms with Gasteiger partial charge in [-0.1, -0.05) is 6.92 Å². The molecule has 1 saturated heterocycles. The third-order valence-corrected chi connectivity index (χ3v) is 4.20. The van der Waals surface area contributed by atoms with Crippen molar-refractivity contribution in [1.82, 2.24) is 15.4 Å². The van der Waals surface area contributed by atoms with Crippen LogP contribution in [0.3, 0.4) is 0 Å². The van der Waals surface area contributed by atoms with E-state index in [-0.39, 0.29) is 24.1 Å². The molecule has 1 rings (SSSR count). The quantitative estimate of drug-likeness (QED) is 0.554. The Bertz CT molecular complexity index is 342. The summed E-state index contributed by atoms with van der Waals surface area (Å²) in [6, 6.07) is 0. The lowest BCUT2D eigenvalue weighted by molar-refractivity contribution is -0.125. The van der Waals surface area contributed by atoms with Crippen LogP contribution in [-0.4, -0.2) is 46.8 Å². The highest BCUT2D eigenvalue weighted by Crippen LogP contribution is 2.15. The molecule has 1 amide bonds. The summed E-state index contributed by atoms with van der Waals surface area (Å²) >= 11 is 0. The number of amides is 1. The molecule has 1 heterocycles. The standard InChI is InChI=1S/C9H19N3O3S/c1-7-5-11-6-8(7)9(13)12-3-4-16(14,15)10-2/h7-8,10-11H,3-6H2,1-2H3,(H,12,13)/t7-,8-/m1/s1. The molecule has 0 radical (unpaired) electrons. The summed E-state index contributed by atoms with van der Waals surface area (Å²) in [6.45, 7) is 3.68. The largest absolute Gasteiger partial charge is 0.355 e. The predicted molar refractivity (Wildman–Crippen MR) is 61.4 cm³/mol. The van der Waals surface area contributed by atoms with Crippen LogP contribution >= 0.6 is 0 Å². The first-order valence-corrected chi connectivity index (χ1v) is 7.01. The molecule has 0 aromatic carbocycles. The van der Waals surface area contributed by atoms with E-state index in [0.29, 0.717) is 12.5 Å². The van der Waals surface area contributed by atoms with Crippen LogP contribution in [0.15, 0.2) is 0 Å². The van der Waals surface area contributed by atoms with Crippen molar-refractivity contribution in [2.45, 2.75) is 6.92 Å². The van der Waals surface area contributed by atoms with Crippen molar-refractivity contribution < 1.29 is 13.2 Å². The van der Waals surface area contributed by atoms with Crippen LogP contribution in [0.2, 0.25) is 0 Å². The highest BCUT2D eigenvalue weighted by atomic mass is 32.2. The Morgan fingerprint density at radius 3 is 2.62 bits per heavy atom. The summed E-state index contributed by atoms with van der Waals surface area (Å²) in [6.07, 6.45) is 0. The summed E-state index contributed by atoms with van der Waals surface area (Å²) < 4.78 is 24.4. The molecule has 0 aliphatic carbocycles. The highest BCUT2D eigenvalue weighted by Gasteiger charge is 2.29. The Labute approximate surface area is 96.2 Å². The average Bonchev–Trinajstić information content (AvgIpc) is 2.64. The molecule has 0 unspecified atom stereocenters. The molecule has 0 aromatic heterocycles. The SMILES string of the molecule is CNS(=O)(=O)CCNC(=O)[C@@H]1CNC[C@H]1C. The third kappa shape index (κ3) is 3.73. The molecule has 94 valence electrons. The van der Waals surface area contributed by atoms with E-state index in [1.165, 1.54) is 7.05 Å². The summed E-state index contributed by atoms with van der Waals surface area (Å²) in [5.41, 5.74) is 0.